The Balaban J connectivity index is 3.98. The van der Waals surface area contributed by atoms with Crippen LogP contribution in [0.1, 0.15) is 126 Å². The van der Waals surface area contributed by atoms with Crippen molar-refractivity contribution >= 4 is 0 Å². The monoisotopic (exact) mass is 422 g/mol. The number of unbranched alkanes of at least 4 members (excludes halogenated alkanes) is 11. The van der Waals surface area contributed by atoms with Gasteiger partial charge in [-0.3, -0.25) is 0 Å². The summed E-state index contributed by atoms with van der Waals surface area (Å²) in [6.07, 6.45) is 15.8. The summed E-state index contributed by atoms with van der Waals surface area (Å²) in [6, 6.07) is 0. The van der Waals surface area contributed by atoms with Crippen molar-refractivity contribution in [2.24, 2.45) is 0 Å². The Morgan fingerprint density at radius 3 is 1.33 bits per heavy atom. The van der Waals surface area contributed by atoms with Gasteiger partial charge in [0, 0.05) is 0 Å². The fourth-order valence-electron chi connectivity index (χ4n) is 3.99. The van der Waals surface area contributed by atoms with E-state index in [1.807, 2.05) is 41.5 Å². The second kappa shape index (κ2) is 14.4. The zero-order valence-corrected chi connectivity index (χ0v) is 21.2. The maximum absolute atomic E-state index is 13.9. The summed E-state index contributed by atoms with van der Waals surface area (Å²) >= 11 is -4.65. The Labute approximate surface area is 172 Å². The Hall–Kier alpha value is 0.434. The van der Waals surface area contributed by atoms with Crippen LogP contribution >= 0.6 is 0 Å². The average molecular weight is 423 g/mol. The van der Waals surface area contributed by atoms with Crippen LogP contribution in [0.4, 0.5) is 0 Å². The zero-order valence-electron chi connectivity index (χ0n) is 19.6. The Morgan fingerprint density at radius 1 is 0.630 bits per heavy atom. The summed E-state index contributed by atoms with van der Waals surface area (Å²) in [5.74, 6) is 0. The molecule has 0 saturated carbocycles. The van der Waals surface area contributed by atoms with Crippen molar-refractivity contribution in [1.82, 2.24) is 0 Å². The van der Waals surface area contributed by atoms with Gasteiger partial charge in [0.05, 0.1) is 0 Å². The first kappa shape index (κ1) is 27.4. The minimum atomic E-state index is -4.65. The molecule has 0 aromatic heterocycles. The van der Waals surface area contributed by atoms with E-state index in [0.29, 0.717) is 6.61 Å². The van der Waals surface area contributed by atoms with Crippen molar-refractivity contribution < 1.29 is 26.0 Å². The van der Waals surface area contributed by atoms with E-state index in [1.165, 1.54) is 64.2 Å². The first-order chi connectivity index (χ1) is 12.7. The second-order valence-corrected chi connectivity index (χ2v) is 17.3. The van der Waals surface area contributed by atoms with E-state index in [9.17, 15) is 3.32 Å². The van der Waals surface area contributed by atoms with E-state index >= 15 is 0 Å². The van der Waals surface area contributed by atoms with E-state index in [1.54, 1.807) is 0 Å². The fraction of sp³-hybridized carbons (Fsp3) is 1.00. The van der Waals surface area contributed by atoms with Crippen LogP contribution in [0.5, 0.6) is 0 Å². The third-order valence-electron chi connectivity index (χ3n) is 5.93. The van der Waals surface area contributed by atoms with Gasteiger partial charge >= 0.3 is 153 Å². The van der Waals surface area contributed by atoms with E-state index in [4.69, 9.17) is 6.64 Å². The molecule has 0 spiro atoms. The second-order valence-electron chi connectivity index (χ2n) is 9.34. The molecule has 0 atom stereocenters. The normalized spacial score (nSPS) is 13.3. The van der Waals surface area contributed by atoms with Gasteiger partial charge in [0.25, 0.3) is 0 Å². The molecule has 0 aliphatic heterocycles. The summed E-state index contributed by atoms with van der Waals surface area (Å²) in [6.45, 7) is 14.7. The van der Waals surface area contributed by atoms with Gasteiger partial charge in [-0.05, 0) is 0 Å². The molecule has 4 heteroatoms. The Bertz CT molecular complexity index is 404. The van der Waals surface area contributed by atoms with Gasteiger partial charge in [0.2, 0.25) is 0 Å². The topological polar surface area (TPSA) is 35.5 Å². The quantitative estimate of drug-likeness (QED) is 0.164. The molecular weight excluding hydrogens is 372 g/mol. The molecule has 0 fully saturated rings. The van der Waals surface area contributed by atoms with Gasteiger partial charge in [-0.15, -0.1) is 0 Å². The molecule has 0 amide bonds. The standard InChI is InChI=1S/C14H29O.C3H7O.2C3H7.O.Ti/c1-2-3-4-5-6-7-8-9-10-11-12-13-14-15;1-3(2)4;2*1-3-2;;/h2-14H2,1H3;3H,1-2H3;2*3H,1-2H3;;/q2*-1;;;;+2. The summed E-state index contributed by atoms with van der Waals surface area (Å²) in [7, 11) is 0. The van der Waals surface area contributed by atoms with Crippen LogP contribution < -0.4 is 0 Å². The minimum absolute atomic E-state index is 0.0540. The van der Waals surface area contributed by atoms with Crippen molar-refractivity contribution in [3.8, 4) is 0 Å². The van der Waals surface area contributed by atoms with Gasteiger partial charge in [-0.1, -0.05) is 19.8 Å². The summed E-state index contributed by atoms with van der Waals surface area (Å²) in [4.78, 5) is 0. The molecule has 0 aromatic carbocycles. The van der Waals surface area contributed by atoms with Crippen molar-refractivity contribution in [3.05, 3.63) is 0 Å². The molecule has 0 unspecified atom stereocenters. The molecule has 0 saturated heterocycles. The maximum atomic E-state index is 13.9. The molecule has 0 N–H and O–H groups in total. The predicted octanol–water partition coefficient (Wildman–Crippen LogP) is 8.65. The third kappa shape index (κ3) is 10.1. The van der Waals surface area contributed by atoms with Gasteiger partial charge in [0.1, 0.15) is 0 Å². The first-order valence-electron chi connectivity index (χ1n) is 11.9. The van der Waals surface area contributed by atoms with Gasteiger partial charge in [-0.2, -0.15) is 0 Å². The van der Waals surface area contributed by atoms with Gasteiger partial charge in [-0.25, -0.2) is 0 Å². The van der Waals surface area contributed by atoms with Crippen LogP contribution in [-0.2, 0) is 26.0 Å². The van der Waals surface area contributed by atoms with E-state index in [0.717, 1.165) is 12.8 Å². The van der Waals surface area contributed by atoms with Crippen molar-refractivity contribution in [1.29, 1.82) is 0 Å². The average Bonchev–Trinajstić information content (AvgIpc) is 2.58. The molecule has 3 nitrogen and oxygen atoms in total. The molecule has 0 aliphatic carbocycles. The van der Waals surface area contributed by atoms with E-state index < -0.39 is 16.1 Å². The SMILES string of the molecule is CCCCCCCCCCCCCC[O][Ti](=[O])([O]C(C)C)([CH](C)C)[CH](C)C. The van der Waals surface area contributed by atoms with Crippen LogP contribution in [0.15, 0.2) is 0 Å². The van der Waals surface area contributed by atoms with E-state index in [2.05, 4.69) is 6.92 Å². The molecule has 0 aliphatic rings. The zero-order chi connectivity index (χ0) is 20.8. The molecule has 0 rings (SSSR count). The Morgan fingerprint density at radius 2 is 1.00 bits per heavy atom. The predicted molar refractivity (Wildman–Crippen MR) is 114 cm³/mol. The fourth-order valence-corrected chi connectivity index (χ4v) is 10.4. The van der Waals surface area contributed by atoms with Crippen LogP contribution in [0.2, 0.25) is 8.45 Å². The molecule has 164 valence electrons. The molecule has 0 heterocycles. The van der Waals surface area contributed by atoms with Crippen LogP contribution in [0, 0.1) is 0 Å². The Kier molecular flexibility index (Phi) is 14.7. The van der Waals surface area contributed by atoms with Gasteiger partial charge in [0.15, 0.2) is 0 Å². The van der Waals surface area contributed by atoms with Crippen molar-refractivity contribution in [3.63, 3.8) is 0 Å². The van der Waals surface area contributed by atoms with Crippen LogP contribution in [0.3, 0.4) is 0 Å². The van der Waals surface area contributed by atoms with Crippen molar-refractivity contribution in [2.45, 2.75) is 140 Å². The molecule has 0 bridgehead atoms. The summed E-state index contributed by atoms with van der Waals surface area (Å²) in [5, 5.41) is 0. The molecule has 0 radical (unpaired) electrons. The summed E-state index contributed by atoms with van der Waals surface area (Å²) < 4.78 is 26.1. The van der Waals surface area contributed by atoms with Crippen molar-refractivity contribution in [2.75, 3.05) is 6.61 Å². The van der Waals surface area contributed by atoms with E-state index in [-0.39, 0.29) is 14.5 Å². The van der Waals surface area contributed by atoms with Crippen LogP contribution in [0.25, 0.3) is 0 Å². The molecular formula is C23H50O3Ti. The van der Waals surface area contributed by atoms with Crippen LogP contribution in [-0.4, -0.2) is 12.7 Å². The number of hydrogen-bond acceptors (Lipinski definition) is 3. The summed E-state index contributed by atoms with van der Waals surface area (Å²) in [5.41, 5.74) is 0. The molecule has 27 heavy (non-hydrogen) atoms. The number of hydrogen-bond donors (Lipinski definition) is 0. The number of rotatable bonds is 18. The third-order valence-corrected chi connectivity index (χ3v) is 15.1. The first-order valence-corrected chi connectivity index (χ1v) is 15.6. The van der Waals surface area contributed by atoms with Gasteiger partial charge < -0.3 is 0 Å². The molecule has 0 aromatic rings.